The predicted octanol–water partition coefficient (Wildman–Crippen LogP) is 3.27. The molecule has 0 spiro atoms. The fraction of sp³-hybridized carbons (Fsp3) is 0.400. The van der Waals surface area contributed by atoms with Gasteiger partial charge in [0.05, 0.1) is 23.9 Å². The number of carbonyl (C=O) groups excluding carboxylic acids is 2. The molecule has 6 heteroatoms. The van der Waals surface area contributed by atoms with Crippen molar-refractivity contribution in [3.63, 3.8) is 0 Å². The summed E-state index contributed by atoms with van der Waals surface area (Å²) in [7, 11) is 0. The lowest BCUT2D eigenvalue weighted by atomic mass is 9.93. The van der Waals surface area contributed by atoms with E-state index in [1.54, 1.807) is 25.3 Å². The third kappa shape index (κ3) is 3.00. The molecule has 1 aliphatic carbocycles. The van der Waals surface area contributed by atoms with E-state index in [0.717, 1.165) is 36.1 Å². The van der Waals surface area contributed by atoms with Crippen LogP contribution in [0.1, 0.15) is 42.2 Å². The van der Waals surface area contributed by atoms with Crippen molar-refractivity contribution in [1.82, 2.24) is 5.32 Å². The van der Waals surface area contributed by atoms with E-state index in [-0.39, 0.29) is 36.5 Å². The molecular weight excluding hydrogens is 335 g/mol. The first kappa shape index (κ1) is 16.8. The molecule has 2 aliphatic rings. The smallest absolute Gasteiger partial charge is 0.227 e. The van der Waals surface area contributed by atoms with E-state index in [0.29, 0.717) is 0 Å². The normalized spacial score (nSPS) is 22.4. The maximum atomic E-state index is 14.2. The van der Waals surface area contributed by atoms with Crippen LogP contribution in [0, 0.1) is 18.7 Å². The molecule has 2 amide bonds. The van der Waals surface area contributed by atoms with Crippen LogP contribution in [0.15, 0.2) is 34.9 Å². The van der Waals surface area contributed by atoms with Gasteiger partial charge in [-0.2, -0.15) is 0 Å². The number of hydrogen-bond acceptors (Lipinski definition) is 3. The number of halogens is 1. The van der Waals surface area contributed by atoms with Crippen molar-refractivity contribution in [3.8, 4) is 0 Å². The topological polar surface area (TPSA) is 62.6 Å². The Morgan fingerprint density at radius 3 is 3.00 bits per heavy atom. The average molecular weight is 356 g/mol. The zero-order chi connectivity index (χ0) is 18.3. The minimum atomic E-state index is -0.472. The van der Waals surface area contributed by atoms with Crippen molar-refractivity contribution in [2.45, 2.75) is 38.6 Å². The highest BCUT2D eigenvalue weighted by molar-refractivity contribution is 6.00. The molecule has 4 rings (SSSR count). The number of aryl methyl sites for hydroxylation is 2. The molecule has 136 valence electrons. The van der Waals surface area contributed by atoms with Gasteiger partial charge in [-0.05, 0) is 43.5 Å². The molecule has 0 bridgehead atoms. The Morgan fingerprint density at radius 2 is 2.19 bits per heavy atom. The lowest BCUT2D eigenvalue weighted by Gasteiger charge is -2.24. The summed E-state index contributed by atoms with van der Waals surface area (Å²) in [4.78, 5) is 26.4. The summed E-state index contributed by atoms with van der Waals surface area (Å²) in [6.45, 7) is 2.00. The SMILES string of the molecule is Cc1ccc(N2CC(C(=O)NC3CCCc4occc43)CC2=O)c(F)c1. The Balaban J connectivity index is 1.46. The zero-order valence-corrected chi connectivity index (χ0v) is 14.6. The van der Waals surface area contributed by atoms with Crippen LogP contribution in [0.25, 0.3) is 0 Å². The molecule has 26 heavy (non-hydrogen) atoms. The lowest BCUT2D eigenvalue weighted by molar-refractivity contribution is -0.127. The largest absolute Gasteiger partial charge is 0.469 e. The molecule has 2 unspecified atom stereocenters. The Hall–Kier alpha value is -2.63. The molecule has 1 N–H and O–H groups in total. The second-order valence-electron chi connectivity index (χ2n) is 7.11. The standard InChI is InChI=1S/C20H21FN2O3/c1-12-5-6-17(15(21)9-12)23-11-13(10-19(23)24)20(25)22-16-3-2-4-18-14(16)7-8-26-18/h5-9,13,16H,2-4,10-11H2,1H3,(H,22,25). The second kappa shape index (κ2) is 6.59. The first-order valence-electron chi connectivity index (χ1n) is 8.96. The molecule has 2 heterocycles. The van der Waals surface area contributed by atoms with Gasteiger partial charge in [-0.25, -0.2) is 4.39 Å². The van der Waals surface area contributed by atoms with Gasteiger partial charge < -0.3 is 14.6 Å². The number of nitrogens with zero attached hydrogens (tertiary/aromatic N) is 1. The van der Waals surface area contributed by atoms with E-state index >= 15 is 0 Å². The highest BCUT2D eigenvalue weighted by Crippen LogP contribution is 2.32. The molecular formula is C20H21FN2O3. The van der Waals surface area contributed by atoms with Gasteiger partial charge in [0, 0.05) is 24.9 Å². The van der Waals surface area contributed by atoms with E-state index in [9.17, 15) is 14.0 Å². The molecule has 0 saturated carbocycles. The van der Waals surface area contributed by atoms with Crippen LogP contribution in [0.5, 0.6) is 0 Å². The van der Waals surface area contributed by atoms with Gasteiger partial charge in [0.15, 0.2) is 0 Å². The Kier molecular flexibility index (Phi) is 4.26. The van der Waals surface area contributed by atoms with Crippen molar-refractivity contribution in [2.75, 3.05) is 11.4 Å². The quantitative estimate of drug-likeness (QED) is 0.918. The fourth-order valence-corrected chi connectivity index (χ4v) is 3.87. The van der Waals surface area contributed by atoms with Crippen LogP contribution in [0.2, 0.25) is 0 Å². The van der Waals surface area contributed by atoms with Crippen LogP contribution in [0.4, 0.5) is 10.1 Å². The van der Waals surface area contributed by atoms with Crippen LogP contribution in [-0.4, -0.2) is 18.4 Å². The van der Waals surface area contributed by atoms with Gasteiger partial charge in [0.25, 0.3) is 0 Å². The number of carbonyl (C=O) groups is 2. The molecule has 0 radical (unpaired) electrons. The molecule has 1 aliphatic heterocycles. The Morgan fingerprint density at radius 1 is 1.35 bits per heavy atom. The minimum Gasteiger partial charge on any atom is -0.469 e. The molecule has 1 aromatic heterocycles. The third-order valence-corrected chi connectivity index (χ3v) is 5.26. The first-order valence-corrected chi connectivity index (χ1v) is 8.96. The van der Waals surface area contributed by atoms with E-state index in [1.165, 1.54) is 11.0 Å². The molecule has 1 saturated heterocycles. The van der Waals surface area contributed by atoms with Gasteiger partial charge in [-0.15, -0.1) is 0 Å². The molecule has 1 fully saturated rings. The maximum absolute atomic E-state index is 14.2. The number of rotatable bonds is 3. The predicted molar refractivity (Wildman–Crippen MR) is 94.1 cm³/mol. The number of furan rings is 1. The highest BCUT2D eigenvalue weighted by Gasteiger charge is 2.37. The van der Waals surface area contributed by atoms with Gasteiger partial charge in [-0.1, -0.05) is 6.07 Å². The number of benzene rings is 1. The van der Waals surface area contributed by atoms with Crippen LogP contribution >= 0.6 is 0 Å². The Labute approximate surface area is 151 Å². The summed E-state index contributed by atoms with van der Waals surface area (Å²) in [6.07, 6.45) is 4.45. The van der Waals surface area contributed by atoms with Crippen LogP contribution in [0.3, 0.4) is 0 Å². The summed E-state index contributed by atoms with van der Waals surface area (Å²) in [5, 5.41) is 3.05. The van der Waals surface area contributed by atoms with Crippen molar-refractivity contribution in [3.05, 3.63) is 53.2 Å². The van der Waals surface area contributed by atoms with Crippen molar-refractivity contribution < 1.29 is 18.4 Å². The van der Waals surface area contributed by atoms with Crippen molar-refractivity contribution >= 4 is 17.5 Å². The Bertz CT molecular complexity index is 860. The monoisotopic (exact) mass is 356 g/mol. The fourth-order valence-electron chi connectivity index (χ4n) is 3.87. The van der Waals surface area contributed by atoms with E-state index in [4.69, 9.17) is 4.42 Å². The minimum absolute atomic E-state index is 0.0785. The third-order valence-electron chi connectivity index (χ3n) is 5.26. The number of anilines is 1. The summed E-state index contributed by atoms with van der Waals surface area (Å²) in [5.41, 5.74) is 2.06. The van der Waals surface area contributed by atoms with Gasteiger partial charge in [0.1, 0.15) is 11.6 Å². The molecule has 2 atom stereocenters. The first-order chi connectivity index (χ1) is 12.5. The molecule has 2 aromatic rings. The maximum Gasteiger partial charge on any atom is 0.227 e. The van der Waals surface area contributed by atoms with Crippen LogP contribution < -0.4 is 10.2 Å². The van der Waals surface area contributed by atoms with Gasteiger partial charge in [0.2, 0.25) is 11.8 Å². The van der Waals surface area contributed by atoms with Gasteiger partial charge >= 0.3 is 0 Å². The van der Waals surface area contributed by atoms with E-state index < -0.39 is 11.7 Å². The van der Waals surface area contributed by atoms with E-state index in [1.807, 2.05) is 6.07 Å². The van der Waals surface area contributed by atoms with Crippen molar-refractivity contribution in [2.24, 2.45) is 5.92 Å². The van der Waals surface area contributed by atoms with E-state index in [2.05, 4.69) is 5.32 Å². The summed E-state index contributed by atoms with van der Waals surface area (Å²) < 4.78 is 19.7. The molecule has 5 nitrogen and oxygen atoms in total. The highest BCUT2D eigenvalue weighted by atomic mass is 19.1. The summed E-state index contributed by atoms with van der Waals surface area (Å²) in [5.74, 6) is -0.365. The average Bonchev–Trinajstić information content (AvgIpc) is 3.22. The lowest BCUT2D eigenvalue weighted by Crippen LogP contribution is -2.36. The number of fused-ring (bicyclic) bond motifs is 1. The second-order valence-corrected chi connectivity index (χ2v) is 7.11. The summed E-state index contributed by atoms with van der Waals surface area (Å²) in [6, 6.07) is 6.58. The van der Waals surface area contributed by atoms with Crippen molar-refractivity contribution in [1.29, 1.82) is 0 Å². The molecule has 1 aromatic carbocycles. The number of hydrogen-bond donors (Lipinski definition) is 1. The van der Waals surface area contributed by atoms with Crippen LogP contribution in [-0.2, 0) is 16.0 Å². The zero-order valence-electron chi connectivity index (χ0n) is 14.6. The number of amides is 2. The summed E-state index contributed by atoms with van der Waals surface area (Å²) >= 11 is 0. The van der Waals surface area contributed by atoms with Gasteiger partial charge in [-0.3, -0.25) is 9.59 Å². The number of nitrogens with one attached hydrogen (secondary N) is 1.